The van der Waals surface area contributed by atoms with Crippen molar-refractivity contribution in [2.75, 3.05) is 33.1 Å². The minimum absolute atomic E-state index is 0.0106. The minimum Gasteiger partial charge on any atom is -0.495 e. The molecule has 2 rings (SSSR count). The van der Waals surface area contributed by atoms with Crippen LogP contribution in [0, 0.1) is 0 Å². The fraction of sp³-hybridized carbons (Fsp3) is 0.263. The largest absolute Gasteiger partial charge is 0.495 e. The Morgan fingerprint density at radius 2 is 1.75 bits per heavy atom. The summed E-state index contributed by atoms with van der Waals surface area (Å²) in [7, 11) is 0.564. The van der Waals surface area contributed by atoms with Gasteiger partial charge in [0, 0.05) is 14.1 Å². The summed E-state index contributed by atoms with van der Waals surface area (Å²) in [6.07, 6.45) is 0. The molecule has 0 heterocycles. The number of ether oxygens (including phenoxy) is 2. The number of nitrogens with one attached hydrogen (secondary N) is 1. The van der Waals surface area contributed by atoms with E-state index in [1.54, 1.807) is 24.3 Å². The van der Waals surface area contributed by atoms with Gasteiger partial charge < -0.3 is 14.8 Å². The fourth-order valence-corrected chi connectivity index (χ4v) is 3.30. The van der Waals surface area contributed by atoms with Crippen LogP contribution in [-0.4, -0.2) is 52.2 Å². The molecule has 9 heteroatoms. The van der Waals surface area contributed by atoms with Gasteiger partial charge in [0.05, 0.1) is 23.3 Å². The lowest BCUT2D eigenvalue weighted by Crippen LogP contribution is -2.23. The molecule has 0 aliphatic heterocycles. The molecule has 1 N–H and O–H groups in total. The van der Waals surface area contributed by atoms with Gasteiger partial charge >= 0.3 is 0 Å². The average Bonchev–Trinajstić information content (AvgIpc) is 2.66. The van der Waals surface area contributed by atoms with E-state index in [1.165, 1.54) is 46.3 Å². The Morgan fingerprint density at radius 3 is 2.36 bits per heavy atom. The van der Waals surface area contributed by atoms with Crippen molar-refractivity contribution < 1.29 is 27.5 Å². The highest BCUT2D eigenvalue weighted by atomic mass is 32.2. The number of benzene rings is 2. The van der Waals surface area contributed by atoms with Gasteiger partial charge in [0.2, 0.25) is 10.0 Å². The number of methoxy groups -OCH3 is 1. The third-order valence-corrected chi connectivity index (χ3v) is 5.66. The number of carbonyl (C=O) groups is 2. The maximum Gasteiger partial charge on any atom is 0.262 e. The van der Waals surface area contributed by atoms with Crippen LogP contribution in [-0.2, 0) is 14.8 Å². The van der Waals surface area contributed by atoms with Gasteiger partial charge in [-0.05, 0) is 37.3 Å². The summed E-state index contributed by atoms with van der Waals surface area (Å²) in [5.41, 5.74) is 0.561. The number of carbonyl (C=O) groups excluding carboxylic acids is 2. The average molecular weight is 406 g/mol. The topological polar surface area (TPSA) is 102 Å². The van der Waals surface area contributed by atoms with Gasteiger partial charge in [-0.3, -0.25) is 9.59 Å². The maximum absolute atomic E-state index is 12.3. The van der Waals surface area contributed by atoms with Crippen molar-refractivity contribution in [2.45, 2.75) is 11.8 Å². The Hall–Kier alpha value is -2.91. The number of Topliss-reactive ketones (excluding diaryl/α,β-unsaturated/α-hetero) is 1. The van der Waals surface area contributed by atoms with E-state index in [9.17, 15) is 18.0 Å². The van der Waals surface area contributed by atoms with Gasteiger partial charge in [-0.15, -0.1) is 0 Å². The van der Waals surface area contributed by atoms with Crippen molar-refractivity contribution in [1.82, 2.24) is 4.31 Å². The molecule has 0 aliphatic carbocycles. The summed E-state index contributed by atoms with van der Waals surface area (Å²) in [6, 6.07) is 10.8. The second-order valence-corrected chi connectivity index (χ2v) is 8.19. The molecule has 8 nitrogen and oxygen atoms in total. The van der Waals surface area contributed by atoms with Crippen LogP contribution in [0.15, 0.2) is 47.4 Å². The van der Waals surface area contributed by atoms with Crippen LogP contribution in [0.25, 0.3) is 0 Å². The van der Waals surface area contributed by atoms with Crippen LogP contribution in [0.3, 0.4) is 0 Å². The quantitative estimate of drug-likeness (QED) is 0.674. The summed E-state index contributed by atoms with van der Waals surface area (Å²) < 4.78 is 36.3. The lowest BCUT2D eigenvalue weighted by Gasteiger charge is -2.15. The Bertz CT molecular complexity index is 986. The number of ketones is 1. The van der Waals surface area contributed by atoms with Crippen LogP contribution in [0.5, 0.6) is 11.5 Å². The molecule has 0 bridgehead atoms. The SMILES string of the molecule is COc1ccc(S(=O)(=O)N(C)C)cc1NC(=O)COc1ccccc1C(C)=O. The number of anilines is 1. The molecular formula is C19H22N2O6S. The van der Waals surface area contributed by atoms with Gasteiger partial charge in [0.15, 0.2) is 12.4 Å². The van der Waals surface area contributed by atoms with Crippen molar-refractivity contribution in [3.8, 4) is 11.5 Å². The second-order valence-electron chi connectivity index (χ2n) is 6.04. The summed E-state index contributed by atoms with van der Waals surface area (Å²) >= 11 is 0. The van der Waals surface area contributed by atoms with Crippen LogP contribution in [0.2, 0.25) is 0 Å². The van der Waals surface area contributed by atoms with Crippen LogP contribution in [0.1, 0.15) is 17.3 Å². The molecule has 0 saturated carbocycles. The zero-order valence-corrected chi connectivity index (χ0v) is 16.9. The molecule has 0 spiro atoms. The summed E-state index contributed by atoms with van der Waals surface area (Å²) in [4.78, 5) is 23.9. The molecule has 0 aliphatic rings. The molecule has 1 amide bonds. The van der Waals surface area contributed by atoms with E-state index >= 15 is 0 Å². The first-order valence-corrected chi connectivity index (χ1v) is 9.74. The number of hydrogen-bond acceptors (Lipinski definition) is 6. The highest BCUT2D eigenvalue weighted by Gasteiger charge is 2.20. The predicted molar refractivity (Wildman–Crippen MR) is 104 cm³/mol. The van der Waals surface area contributed by atoms with E-state index in [0.29, 0.717) is 17.1 Å². The number of sulfonamides is 1. The van der Waals surface area contributed by atoms with Crippen molar-refractivity contribution in [1.29, 1.82) is 0 Å². The molecule has 0 saturated heterocycles. The molecule has 0 fully saturated rings. The van der Waals surface area contributed by atoms with Gasteiger partial charge in [0.1, 0.15) is 11.5 Å². The highest BCUT2D eigenvalue weighted by molar-refractivity contribution is 7.89. The van der Waals surface area contributed by atoms with E-state index in [2.05, 4.69) is 5.32 Å². The van der Waals surface area contributed by atoms with E-state index in [0.717, 1.165) is 4.31 Å². The predicted octanol–water partition coefficient (Wildman–Crippen LogP) is 2.17. The molecule has 0 aromatic heterocycles. The van der Waals surface area contributed by atoms with E-state index < -0.39 is 15.9 Å². The first-order chi connectivity index (χ1) is 13.2. The molecule has 2 aromatic rings. The van der Waals surface area contributed by atoms with Crippen molar-refractivity contribution in [2.24, 2.45) is 0 Å². The Labute approximate surface area is 164 Å². The Morgan fingerprint density at radius 1 is 1.07 bits per heavy atom. The van der Waals surface area contributed by atoms with Crippen molar-refractivity contribution in [3.05, 3.63) is 48.0 Å². The Balaban J connectivity index is 2.18. The minimum atomic E-state index is -3.67. The Kier molecular flexibility index (Phi) is 6.76. The first-order valence-electron chi connectivity index (χ1n) is 8.30. The standard InChI is InChI=1S/C19H22N2O6S/c1-13(22)15-7-5-6-8-17(15)27-12-19(23)20-16-11-14(9-10-18(16)26-4)28(24,25)21(2)3/h5-11H,12H2,1-4H3,(H,20,23). The summed E-state index contributed by atoms with van der Waals surface area (Å²) in [5.74, 6) is -0.119. The number of amides is 1. The number of para-hydroxylation sites is 1. The van der Waals surface area contributed by atoms with Gasteiger partial charge in [-0.1, -0.05) is 12.1 Å². The molecule has 28 heavy (non-hydrogen) atoms. The smallest absolute Gasteiger partial charge is 0.262 e. The van der Waals surface area contributed by atoms with E-state index in [1.807, 2.05) is 0 Å². The van der Waals surface area contributed by atoms with E-state index in [-0.39, 0.29) is 23.0 Å². The third kappa shape index (κ3) is 4.87. The fourth-order valence-electron chi connectivity index (χ4n) is 2.37. The van der Waals surface area contributed by atoms with Gasteiger partial charge in [-0.25, -0.2) is 12.7 Å². The molecular weight excluding hydrogens is 384 g/mol. The van der Waals surface area contributed by atoms with Gasteiger partial charge in [0.25, 0.3) is 5.91 Å². The lowest BCUT2D eigenvalue weighted by atomic mass is 10.1. The second kappa shape index (κ2) is 8.85. The normalized spacial score (nSPS) is 11.2. The third-order valence-electron chi connectivity index (χ3n) is 3.85. The summed E-state index contributed by atoms with van der Waals surface area (Å²) in [6.45, 7) is 1.04. The molecule has 0 unspecified atom stereocenters. The lowest BCUT2D eigenvalue weighted by molar-refractivity contribution is -0.118. The van der Waals surface area contributed by atoms with Crippen molar-refractivity contribution in [3.63, 3.8) is 0 Å². The highest BCUT2D eigenvalue weighted by Crippen LogP contribution is 2.28. The van der Waals surface area contributed by atoms with E-state index in [4.69, 9.17) is 9.47 Å². The molecule has 150 valence electrons. The monoisotopic (exact) mass is 406 g/mol. The zero-order valence-electron chi connectivity index (χ0n) is 16.1. The molecule has 0 atom stereocenters. The van der Waals surface area contributed by atoms with Crippen LogP contribution >= 0.6 is 0 Å². The molecule has 2 aromatic carbocycles. The summed E-state index contributed by atoms with van der Waals surface area (Å²) in [5, 5.41) is 2.57. The number of rotatable bonds is 8. The van der Waals surface area contributed by atoms with Crippen molar-refractivity contribution >= 4 is 27.4 Å². The maximum atomic E-state index is 12.3. The first kappa shape index (κ1) is 21.4. The zero-order chi connectivity index (χ0) is 20.9. The number of hydrogen-bond donors (Lipinski definition) is 1. The van der Waals surface area contributed by atoms with Crippen LogP contribution < -0.4 is 14.8 Å². The number of nitrogens with zero attached hydrogens (tertiary/aromatic N) is 1. The molecule has 0 radical (unpaired) electrons. The van der Waals surface area contributed by atoms with Gasteiger partial charge in [-0.2, -0.15) is 0 Å². The van der Waals surface area contributed by atoms with Crippen LogP contribution in [0.4, 0.5) is 5.69 Å².